The van der Waals surface area contributed by atoms with Gasteiger partial charge in [-0.05, 0) is 37.1 Å². The summed E-state index contributed by atoms with van der Waals surface area (Å²) >= 11 is 1.18. The van der Waals surface area contributed by atoms with Crippen LogP contribution >= 0.6 is 11.8 Å². The summed E-state index contributed by atoms with van der Waals surface area (Å²) < 4.78 is 0. The third-order valence-electron chi connectivity index (χ3n) is 3.61. The average molecular weight is 352 g/mol. The molecule has 1 aromatic heterocycles. The van der Waals surface area contributed by atoms with E-state index in [0.717, 1.165) is 12.1 Å². The molecule has 25 heavy (non-hydrogen) atoms. The van der Waals surface area contributed by atoms with Crippen molar-refractivity contribution >= 4 is 29.2 Å². The standard InChI is InChI=1S/C18H17N5OS/c1-3-12-4-6-15(7-5-12)22-17(24)11(2)25-18-14(10-20)8-13(9-19)16(21)23-18/h4-8,11H,3H2,1-2H3,(H2,21,23)(H,22,24)/p+1/t11-/m0/s1. The van der Waals surface area contributed by atoms with E-state index in [4.69, 9.17) is 11.0 Å². The number of nitrogen functional groups attached to an aromatic ring is 1. The molecule has 0 aliphatic carbocycles. The number of nitriles is 2. The van der Waals surface area contributed by atoms with Gasteiger partial charge in [0.25, 0.3) is 5.82 Å². The normalized spacial score (nSPS) is 11.2. The van der Waals surface area contributed by atoms with E-state index >= 15 is 0 Å². The van der Waals surface area contributed by atoms with E-state index in [1.165, 1.54) is 23.4 Å². The van der Waals surface area contributed by atoms with Crippen LogP contribution in [0.15, 0.2) is 35.4 Å². The highest BCUT2D eigenvalue weighted by Crippen LogP contribution is 2.25. The summed E-state index contributed by atoms with van der Waals surface area (Å²) in [6.07, 6.45) is 0.938. The van der Waals surface area contributed by atoms with Gasteiger partial charge in [0, 0.05) is 5.69 Å². The third kappa shape index (κ3) is 4.50. The topological polar surface area (TPSA) is 117 Å². The number of aryl methyl sites for hydroxylation is 1. The first-order valence-corrected chi connectivity index (χ1v) is 8.58. The molecule has 1 aromatic carbocycles. The highest BCUT2D eigenvalue weighted by molar-refractivity contribution is 8.00. The van der Waals surface area contributed by atoms with Crippen molar-refractivity contribution in [3.05, 3.63) is 47.0 Å². The van der Waals surface area contributed by atoms with Crippen molar-refractivity contribution in [2.45, 2.75) is 30.5 Å². The van der Waals surface area contributed by atoms with Crippen molar-refractivity contribution in [3.63, 3.8) is 0 Å². The van der Waals surface area contributed by atoms with Gasteiger partial charge in [0.05, 0.1) is 5.25 Å². The third-order valence-corrected chi connectivity index (χ3v) is 4.73. The number of nitrogens with zero attached hydrogens (tertiary/aromatic N) is 2. The zero-order valence-corrected chi connectivity index (χ0v) is 14.8. The number of carbonyl (C=O) groups excluding carboxylic acids is 1. The number of H-pyrrole nitrogens is 1. The Labute approximate surface area is 150 Å². The van der Waals surface area contributed by atoms with Gasteiger partial charge in [-0.3, -0.25) is 10.5 Å². The van der Waals surface area contributed by atoms with Gasteiger partial charge in [0.1, 0.15) is 23.3 Å². The summed E-state index contributed by atoms with van der Waals surface area (Å²) in [5.41, 5.74) is 8.16. The molecule has 2 aromatic rings. The van der Waals surface area contributed by atoms with Crippen LogP contribution in [0.4, 0.5) is 11.5 Å². The fourth-order valence-corrected chi connectivity index (χ4v) is 3.03. The molecule has 126 valence electrons. The molecule has 0 fully saturated rings. The van der Waals surface area contributed by atoms with Crippen molar-refractivity contribution in [1.29, 1.82) is 10.5 Å². The zero-order chi connectivity index (χ0) is 18.4. The van der Waals surface area contributed by atoms with Crippen LogP contribution in [0.25, 0.3) is 0 Å². The molecule has 1 amide bonds. The lowest BCUT2D eigenvalue weighted by Gasteiger charge is -2.12. The van der Waals surface area contributed by atoms with Crippen molar-refractivity contribution in [2.24, 2.45) is 0 Å². The number of aromatic amines is 1. The van der Waals surface area contributed by atoms with E-state index in [2.05, 4.69) is 17.2 Å². The summed E-state index contributed by atoms with van der Waals surface area (Å²) in [5.74, 6) is -0.0127. The Balaban J connectivity index is 2.12. The van der Waals surface area contributed by atoms with Crippen LogP contribution in [0.5, 0.6) is 0 Å². The summed E-state index contributed by atoms with van der Waals surface area (Å²) in [6.45, 7) is 3.81. The van der Waals surface area contributed by atoms with Crippen LogP contribution in [-0.2, 0) is 11.2 Å². The van der Waals surface area contributed by atoms with Crippen molar-refractivity contribution < 1.29 is 9.78 Å². The molecule has 0 bridgehead atoms. The minimum Gasteiger partial charge on any atom is -0.325 e. The lowest BCUT2D eigenvalue weighted by atomic mass is 10.1. The van der Waals surface area contributed by atoms with Gasteiger partial charge < -0.3 is 5.32 Å². The van der Waals surface area contributed by atoms with E-state index < -0.39 is 5.25 Å². The molecule has 1 atom stereocenters. The van der Waals surface area contributed by atoms with E-state index in [1.807, 2.05) is 36.4 Å². The predicted molar refractivity (Wildman–Crippen MR) is 96.6 cm³/mol. The fourth-order valence-electron chi connectivity index (χ4n) is 2.11. The minimum absolute atomic E-state index is 0.173. The first-order chi connectivity index (χ1) is 12.0. The Morgan fingerprint density at radius 1 is 1.28 bits per heavy atom. The van der Waals surface area contributed by atoms with Crippen molar-refractivity contribution in [1.82, 2.24) is 0 Å². The van der Waals surface area contributed by atoms with E-state index in [1.54, 1.807) is 6.92 Å². The van der Waals surface area contributed by atoms with Crippen LogP contribution in [0, 0.1) is 22.7 Å². The van der Waals surface area contributed by atoms with Gasteiger partial charge in [0.15, 0.2) is 5.03 Å². The first kappa shape index (κ1) is 18.3. The summed E-state index contributed by atoms with van der Waals surface area (Å²) in [6, 6.07) is 13.0. The fraction of sp³-hybridized carbons (Fsp3) is 0.222. The van der Waals surface area contributed by atoms with Crippen molar-refractivity contribution in [2.75, 3.05) is 11.1 Å². The van der Waals surface area contributed by atoms with Crippen LogP contribution in [-0.4, -0.2) is 11.2 Å². The second kappa shape index (κ2) is 8.18. The summed E-state index contributed by atoms with van der Waals surface area (Å²) in [5, 5.41) is 21.1. The number of pyridine rings is 1. The van der Waals surface area contributed by atoms with Crippen LogP contribution in [0.1, 0.15) is 30.5 Å². The molecule has 0 saturated heterocycles. The second-order valence-corrected chi connectivity index (χ2v) is 6.71. The lowest BCUT2D eigenvalue weighted by molar-refractivity contribution is -0.410. The lowest BCUT2D eigenvalue weighted by Crippen LogP contribution is -2.25. The molecule has 6 nitrogen and oxygen atoms in total. The van der Waals surface area contributed by atoms with E-state index in [0.29, 0.717) is 5.03 Å². The first-order valence-electron chi connectivity index (χ1n) is 7.71. The Morgan fingerprint density at radius 3 is 2.48 bits per heavy atom. The molecule has 0 aliphatic heterocycles. The number of hydrogen-bond donors (Lipinski definition) is 2. The molecular weight excluding hydrogens is 334 g/mol. The zero-order valence-electron chi connectivity index (χ0n) is 14.0. The molecular formula is C18H18N5OS+. The number of anilines is 2. The Kier molecular flexibility index (Phi) is 5.99. The number of aromatic nitrogens is 1. The molecule has 0 unspecified atom stereocenters. The molecule has 7 heteroatoms. The summed E-state index contributed by atoms with van der Waals surface area (Å²) in [4.78, 5) is 15.2. The predicted octanol–water partition coefficient (Wildman–Crippen LogP) is 2.51. The number of rotatable bonds is 5. The maximum atomic E-state index is 12.4. The van der Waals surface area contributed by atoms with Gasteiger partial charge in [-0.1, -0.05) is 30.8 Å². The molecule has 0 radical (unpaired) electrons. The molecule has 0 aliphatic rings. The largest absolute Gasteiger partial charge is 0.325 e. The molecule has 0 spiro atoms. The number of carbonyl (C=O) groups is 1. The maximum absolute atomic E-state index is 12.4. The summed E-state index contributed by atoms with van der Waals surface area (Å²) in [7, 11) is 0. The van der Waals surface area contributed by atoms with Crippen LogP contribution < -0.4 is 16.0 Å². The second-order valence-electron chi connectivity index (χ2n) is 5.36. The highest BCUT2D eigenvalue weighted by atomic mass is 32.2. The minimum atomic E-state index is -0.457. The van der Waals surface area contributed by atoms with Crippen LogP contribution in [0.2, 0.25) is 0 Å². The number of amides is 1. The molecule has 1 heterocycles. The quantitative estimate of drug-likeness (QED) is 0.802. The maximum Gasteiger partial charge on any atom is 0.289 e. The molecule has 0 saturated carbocycles. The van der Waals surface area contributed by atoms with Gasteiger partial charge >= 0.3 is 0 Å². The number of benzene rings is 1. The van der Waals surface area contributed by atoms with Crippen LogP contribution in [0.3, 0.4) is 0 Å². The van der Waals surface area contributed by atoms with Gasteiger partial charge in [-0.25, -0.2) is 4.98 Å². The Hall–Kier alpha value is -3.03. The van der Waals surface area contributed by atoms with Crippen molar-refractivity contribution in [3.8, 4) is 12.1 Å². The number of nitrogens with two attached hydrogens (primary N) is 1. The van der Waals surface area contributed by atoms with Gasteiger partial charge in [-0.2, -0.15) is 10.5 Å². The number of hydrogen-bond acceptors (Lipinski definition) is 5. The van der Waals surface area contributed by atoms with E-state index in [9.17, 15) is 10.1 Å². The molecule has 4 N–H and O–H groups in total. The molecule has 2 rings (SSSR count). The number of nitrogens with one attached hydrogen (secondary N) is 2. The Bertz CT molecular complexity index is 865. The smallest absolute Gasteiger partial charge is 0.289 e. The van der Waals surface area contributed by atoms with Gasteiger partial charge in [-0.15, -0.1) is 0 Å². The Morgan fingerprint density at radius 2 is 1.92 bits per heavy atom. The SMILES string of the molecule is CCc1ccc(NC(=O)[C@H](C)Sc2[nH+]c(N)c(C#N)cc2C#N)cc1. The highest BCUT2D eigenvalue weighted by Gasteiger charge is 2.21. The average Bonchev–Trinajstić information content (AvgIpc) is 2.62. The van der Waals surface area contributed by atoms with E-state index in [-0.39, 0.29) is 22.9 Å². The monoisotopic (exact) mass is 352 g/mol. The van der Waals surface area contributed by atoms with Gasteiger partial charge in [0.2, 0.25) is 5.91 Å². The number of thioether (sulfide) groups is 1.